The number of aliphatic carboxylic acids is 1. The summed E-state index contributed by atoms with van der Waals surface area (Å²) in [5.74, 6) is -3.12. The van der Waals surface area contributed by atoms with Gasteiger partial charge in [0.25, 0.3) is 15.9 Å². The molecule has 0 bridgehead atoms. The van der Waals surface area contributed by atoms with Crippen LogP contribution < -0.4 is 10.0 Å². The second-order valence-corrected chi connectivity index (χ2v) is 12.1. The molecular weight excluding hydrogens is 563 g/mol. The predicted octanol–water partition coefficient (Wildman–Crippen LogP) is 4.38. The number of hydrogen-bond acceptors (Lipinski definition) is 5. The number of carbonyl (C=O) groups is 3. The molecule has 9 nitrogen and oxygen atoms in total. The molecule has 2 aromatic rings. The molecule has 1 aliphatic heterocycles. The number of rotatable bonds is 6. The zero-order valence-corrected chi connectivity index (χ0v) is 23.6. The van der Waals surface area contributed by atoms with Crippen LogP contribution in [0.4, 0.5) is 18.9 Å². The van der Waals surface area contributed by atoms with Crippen LogP contribution in [0.3, 0.4) is 0 Å². The second-order valence-electron chi connectivity index (χ2n) is 10.4. The van der Waals surface area contributed by atoms with E-state index >= 15 is 0 Å². The molecule has 13 heteroatoms. The number of carbonyl (C=O) groups excluding carboxylic acids is 2. The van der Waals surface area contributed by atoms with Crippen molar-refractivity contribution in [3.63, 3.8) is 0 Å². The van der Waals surface area contributed by atoms with Crippen LogP contribution in [-0.4, -0.2) is 61.5 Å². The number of nitrogens with one attached hydrogen (secondary N) is 2. The third kappa shape index (κ3) is 8.94. The van der Waals surface area contributed by atoms with Crippen LogP contribution in [0.15, 0.2) is 47.4 Å². The maximum atomic E-state index is 13.0. The van der Waals surface area contributed by atoms with Crippen molar-refractivity contribution in [3.8, 4) is 0 Å². The Morgan fingerprint density at radius 3 is 2.17 bits per heavy atom. The summed E-state index contributed by atoms with van der Waals surface area (Å²) >= 11 is 0. The Morgan fingerprint density at radius 2 is 1.59 bits per heavy atom. The molecule has 0 aromatic heterocycles. The molecule has 0 saturated carbocycles. The largest absolute Gasteiger partial charge is 0.490 e. The summed E-state index contributed by atoms with van der Waals surface area (Å²) in [4.78, 5) is 36.2. The Balaban J connectivity index is 0.000000587. The number of fused-ring (bicyclic) bond motifs is 1. The normalized spacial score (nSPS) is 17.1. The molecule has 0 spiro atoms. The first-order valence-corrected chi connectivity index (χ1v) is 14.8. The maximum absolute atomic E-state index is 13.0. The first-order valence-electron chi connectivity index (χ1n) is 13.3. The lowest BCUT2D eigenvalue weighted by molar-refractivity contribution is -0.192. The van der Waals surface area contributed by atoms with Gasteiger partial charge in [0, 0.05) is 30.4 Å². The molecular formula is C28H34F3N3O6S. The monoisotopic (exact) mass is 597 g/mol. The highest BCUT2D eigenvalue weighted by Gasteiger charge is 2.38. The number of sulfonamides is 1. The van der Waals surface area contributed by atoms with Crippen LogP contribution in [0.1, 0.15) is 61.0 Å². The number of hydrogen-bond donors (Lipinski definition) is 3. The predicted molar refractivity (Wildman–Crippen MR) is 146 cm³/mol. The molecule has 4 rings (SSSR count). The highest BCUT2D eigenvalue weighted by atomic mass is 32.2. The minimum Gasteiger partial charge on any atom is -0.475 e. The SMILES string of the molecule is CC(C)NC(=O)C1CCCN(C(=O)c2ccc(NS(=O)(=O)c3ccc4c(c3)CCCC4)cc2)C1.O=C(O)C(F)(F)F. The van der Waals surface area contributed by atoms with Crippen LogP contribution >= 0.6 is 0 Å². The Labute approximate surface area is 237 Å². The zero-order valence-electron chi connectivity index (χ0n) is 22.8. The summed E-state index contributed by atoms with van der Waals surface area (Å²) in [6, 6.07) is 11.9. The van der Waals surface area contributed by atoms with Gasteiger partial charge in [-0.2, -0.15) is 13.2 Å². The fraction of sp³-hybridized carbons (Fsp3) is 0.464. The van der Waals surface area contributed by atoms with E-state index in [-0.39, 0.29) is 28.7 Å². The third-order valence-electron chi connectivity index (χ3n) is 6.77. The van der Waals surface area contributed by atoms with Gasteiger partial charge < -0.3 is 15.3 Å². The van der Waals surface area contributed by atoms with E-state index in [9.17, 15) is 31.2 Å². The van der Waals surface area contributed by atoms with Gasteiger partial charge in [-0.3, -0.25) is 14.3 Å². The smallest absolute Gasteiger partial charge is 0.475 e. The summed E-state index contributed by atoms with van der Waals surface area (Å²) in [7, 11) is -3.72. The molecule has 224 valence electrons. The number of benzene rings is 2. The number of halogens is 3. The fourth-order valence-electron chi connectivity index (χ4n) is 4.73. The van der Waals surface area contributed by atoms with E-state index in [1.165, 1.54) is 5.56 Å². The van der Waals surface area contributed by atoms with E-state index in [2.05, 4.69) is 10.0 Å². The molecule has 1 saturated heterocycles. The minimum absolute atomic E-state index is 0.0144. The van der Waals surface area contributed by atoms with Crippen LogP contribution in [0.2, 0.25) is 0 Å². The lowest BCUT2D eigenvalue weighted by Gasteiger charge is -2.32. The Bertz CT molecular complexity index is 1360. The van der Waals surface area contributed by atoms with Crippen molar-refractivity contribution in [2.75, 3.05) is 17.8 Å². The van der Waals surface area contributed by atoms with Crippen LogP contribution in [-0.2, 0) is 32.5 Å². The minimum atomic E-state index is -5.08. The number of anilines is 1. The van der Waals surface area contributed by atoms with Crippen molar-refractivity contribution in [1.29, 1.82) is 0 Å². The third-order valence-corrected chi connectivity index (χ3v) is 8.15. The molecule has 1 heterocycles. The Morgan fingerprint density at radius 1 is 0.976 bits per heavy atom. The van der Waals surface area contributed by atoms with Crippen molar-refractivity contribution < 1.29 is 41.1 Å². The molecule has 1 unspecified atom stereocenters. The van der Waals surface area contributed by atoms with E-state index in [1.54, 1.807) is 41.3 Å². The first kappa shape index (κ1) is 31.9. The number of aryl methyl sites for hydroxylation is 2. The molecule has 1 atom stereocenters. The van der Waals surface area contributed by atoms with Gasteiger partial charge in [0.2, 0.25) is 5.91 Å². The van der Waals surface area contributed by atoms with Gasteiger partial charge in [0.05, 0.1) is 10.8 Å². The van der Waals surface area contributed by atoms with E-state index in [0.717, 1.165) is 44.1 Å². The number of carboxylic acids is 1. The molecule has 0 radical (unpaired) electrons. The lowest BCUT2D eigenvalue weighted by Crippen LogP contribution is -2.46. The standard InChI is InChI=1S/C26H33N3O4S.C2HF3O2/c1-18(2)27-25(30)22-8-5-15-29(17-22)26(31)20-9-12-23(13-10-20)28-34(32,33)24-14-11-19-6-3-4-7-21(19)16-24;3-2(4,5)1(6)7/h9-14,16,18,22,28H,3-8,15,17H2,1-2H3,(H,27,30);(H,6,7). The molecule has 2 aromatic carbocycles. The topological polar surface area (TPSA) is 133 Å². The first-order chi connectivity index (χ1) is 19.2. The van der Waals surface area contributed by atoms with E-state index in [1.807, 2.05) is 19.9 Å². The number of piperidine rings is 1. The average molecular weight is 598 g/mol. The van der Waals surface area contributed by atoms with Gasteiger partial charge in [0.1, 0.15) is 0 Å². The van der Waals surface area contributed by atoms with E-state index in [0.29, 0.717) is 24.3 Å². The van der Waals surface area contributed by atoms with Crippen LogP contribution in [0.5, 0.6) is 0 Å². The van der Waals surface area contributed by atoms with Crippen molar-refractivity contribution in [2.45, 2.75) is 69.5 Å². The maximum Gasteiger partial charge on any atom is 0.490 e. The number of carboxylic acid groups (broad SMARTS) is 1. The van der Waals surface area contributed by atoms with Gasteiger partial charge >= 0.3 is 12.1 Å². The van der Waals surface area contributed by atoms with Crippen molar-refractivity contribution in [3.05, 3.63) is 59.2 Å². The van der Waals surface area contributed by atoms with Crippen molar-refractivity contribution in [1.82, 2.24) is 10.2 Å². The van der Waals surface area contributed by atoms with Gasteiger partial charge in [-0.15, -0.1) is 0 Å². The van der Waals surface area contributed by atoms with E-state index in [4.69, 9.17) is 9.90 Å². The molecule has 3 N–H and O–H groups in total. The summed E-state index contributed by atoms with van der Waals surface area (Å²) in [5, 5.41) is 10.1. The summed E-state index contributed by atoms with van der Waals surface area (Å²) in [6.45, 7) is 4.84. The van der Waals surface area contributed by atoms with Gasteiger partial charge in [-0.05, 0) is 99.9 Å². The summed E-state index contributed by atoms with van der Waals surface area (Å²) in [6.07, 6.45) is 0.599. The van der Waals surface area contributed by atoms with Crippen LogP contribution in [0, 0.1) is 5.92 Å². The van der Waals surface area contributed by atoms with Gasteiger partial charge in [-0.25, -0.2) is 13.2 Å². The fourth-order valence-corrected chi connectivity index (χ4v) is 5.84. The second kappa shape index (κ2) is 13.4. The van der Waals surface area contributed by atoms with Crippen molar-refractivity contribution >= 4 is 33.5 Å². The van der Waals surface area contributed by atoms with Gasteiger partial charge in [-0.1, -0.05) is 6.07 Å². The molecule has 2 amide bonds. The van der Waals surface area contributed by atoms with Crippen LogP contribution in [0.25, 0.3) is 0 Å². The number of nitrogens with zero attached hydrogens (tertiary/aromatic N) is 1. The highest BCUT2D eigenvalue weighted by Crippen LogP contribution is 2.26. The molecule has 41 heavy (non-hydrogen) atoms. The van der Waals surface area contributed by atoms with Gasteiger partial charge in [0.15, 0.2) is 0 Å². The molecule has 1 aliphatic carbocycles. The molecule has 2 aliphatic rings. The Kier molecular flexibility index (Phi) is 10.4. The summed E-state index contributed by atoms with van der Waals surface area (Å²) in [5.41, 5.74) is 3.22. The summed E-state index contributed by atoms with van der Waals surface area (Å²) < 4.78 is 60.2. The number of likely N-dealkylation sites (tertiary alicyclic amines) is 1. The average Bonchev–Trinajstić information content (AvgIpc) is 2.92. The highest BCUT2D eigenvalue weighted by molar-refractivity contribution is 7.92. The molecule has 1 fully saturated rings. The number of amides is 2. The number of alkyl halides is 3. The zero-order chi connectivity index (χ0) is 30.4. The Hall–Kier alpha value is -3.61. The van der Waals surface area contributed by atoms with E-state index < -0.39 is 22.2 Å². The van der Waals surface area contributed by atoms with Crippen molar-refractivity contribution in [2.24, 2.45) is 5.92 Å². The lowest BCUT2D eigenvalue weighted by atomic mass is 9.92. The quantitative estimate of drug-likeness (QED) is 0.453.